The molecule has 0 amide bonds. The van der Waals surface area contributed by atoms with Crippen LogP contribution in [0.3, 0.4) is 0 Å². The van der Waals surface area contributed by atoms with E-state index in [1.165, 1.54) is 16.5 Å². The first-order valence-corrected chi connectivity index (χ1v) is 10.4. The number of ether oxygens (including phenoxy) is 1. The lowest BCUT2D eigenvalue weighted by molar-refractivity contribution is 0.0776. The number of benzene rings is 1. The van der Waals surface area contributed by atoms with Crippen LogP contribution in [0.2, 0.25) is 0 Å². The molecule has 1 aromatic carbocycles. The molecule has 0 radical (unpaired) electrons. The SMILES string of the molecule is CCn1c(C#CNc2ccnc(C)c2)cc2c(CNC3CCOCC3)cccc21. The molecule has 29 heavy (non-hydrogen) atoms. The number of hydrogen-bond acceptors (Lipinski definition) is 4. The Bertz CT molecular complexity index is 1040. The van der Waals surface area contributed by atoms with E-state index in [2.05, 4.69) is 63.3 Å². The molecule has 5 nitrogen and oxygen atoms in total. The normalized spacial score (nSPS) is 14.6. The third-order valence-corrected chi connectivity index (χ3v) is 5.45. The number of nitrogens with one attached hydrogen (secondary N) is 2. The second-order valence-electron chi connectivity index (χ2n) is 7.45. The van der Waals surface area contributed by atoms with Gasteiger partial charge in [0.1, 0.15) is 0 Å². The molecule has 0 atom stereocenters. The van der Waals surface area contributed by atoms with Gasteiger partial charge in [0, 0.05) is 66.9 Å². The highest BCUT2D eigenvalue weighted by Gasteiger charge is 2.14. The molecule has 1 saturated heterocycles. The van der Waals surface area contributed by atoms with Crippen molar-refractivity contribution in [1.29, 1.82) is 0 Å². The van der Waals surface area contributed by atoms with Gasteiger partial charge in [-0.25, -0.2) is 0 Å². The van der Waals surface area contributed by atoms with Gasteiger partial charge in [0.15, 0.2) is 0 Å². The summed E-state index contributed by atoms with van der Waals surface area (Å²) in [6, 6.07) is 16.3. The first-order valence-electron chi connectivity index (χ1n) is 10.4. The zero-order chi connectivity index (χ0) is 20.1. The molecule has 150 valence electrons. The summed E-state index contributed by atoms with van der Waals surface area (Å²) >= 11 is 0. The molecule has 2 aromatic heterocycles. The van der Waals surface area contributed by atoms with Crippen LogP contribution in [0.25, 0.3) is 10.9 Å². The monoisotopic (exact) mass is 388 g/mol. The summed E-state index contributed by atoms with van der Waals surface area (Å²) < 4.78 is 7.74. The van der Waals surface area contributed by atoms with Crippen LogP contribution in [0.4, 0.5) is 5.69 Å². The van der Waals surface area contributed by atoms with Crippen LogP contribution < -0.4 is 10.6 Å². The number of fused-ring (bicyclic) bond motifs is 1. The average molecular weight is 389 g/mol. The van der Waals surface area contributed by atoms with E-state index in [4.69, 9.17) is 4.74 Å². The van der Waals surface area contributed by atoms with Crippen molar-refractivity contribution >= 4 is 16.6 Å². The highest BCUT2D eigenvalue weighted by atomic mass is 16.5. The summed E-state index contributed by atoms with van der Waals surface area (Å²) in [7, 11) is 0. The van der Waals surface area contributed by atoms with Gasteiger partial charge < -0.3 is 19.9 Å². The van der Waals surface area contributed by atoms with Crippen molar-refractivity contribution in [3.63, 3.8) is 0 Å². The van der Waals surface area contributed by atoms with Gasteiger partial charge in [0.25, 0.3) is 0 Å². The zero-order valence-corrected chi connectivity index (χ0v) is 17.2. The molecular formula is C24H28N4O. The van der Waals surface area contributed by atoms with Gasteiger partial charge in [-0.05, 0) is 62.4 Å². The Morgan fingerprint density at radius 1 is 1.21 bits per heavy atom. The van der Waals surface area contributed by atoms with Gasteiger partial charge in [0.05, 0.1) is 5.69 Å². The highest BCUT2D eigenvalue weighted by Crippen LogP contribution is 2.24. The number of rotatable bonds is 5. The topological polar surface area (TPSA) is 51.1 Å². The van der Waals surface area contributed by atoms with Gasteiger partial charge in [-0.3, -0.25) is 4.98 Å². The third kappa shape index (κ3) is 4.61. The summed E-state index contributed by atoms with van der Waals surface area (Å²) in [6.07, 6.45) is 3.96. The predicted octanol–water partition coefficient (Wildman–Crippen LogP) is 4.05. The van der Waals surface area contributed by atoms with Gasteiger partial charge in [-0.15, -0.1) is 0 Å². The van der Waals surface area contributed by atoms with Crippen molar-refractivity contribution in [2.24, 2.45) is 0 Å². The molecule has 0 saturated carbocycles. The average Bonchev–Trinajstić information content (AvgIpc) is 3.11. The van der Waals surface area contributed by atoms with E-state index in [0.29, 0.717) is 6.04 Å². The largest absolute Gasteiger partial charge is 0.381 e. The maximum absolute atomic E-state index is 5.46. The molecule has 5 heteroatoms. The van der Waals surface area contributed by atoms with E-state index in [1.807, 2.05) is 19.1 Å². The second-order valence-corrected chi connectivity index (χ2v) is 7.45. The lowest BCUT2D eigenvalue weighted by Gasteiger charge is -2.23. The van der Waals surface area contributed by atoms with E-state index in [9.17, 15) is 0 Å². The Hall–Kier alpha value is -2.81. The van der Waals surface area contributed by atoms with Crippen LogP contribution in [0.5, 0.6) is 0 Å². The molecule has 1 aliphatic rings. The fourth-order valence-electron chi connectivity index (χ4n) is 3.89. The number of nitrogens with zero attached hydrogens (tertiary/aromatic N) is 2. The molecule has 4 rings (SSSR count). The third-order valence-electron chi connectivity index (χ3n) is 5.45. The summed E-state index contributed by atoms with van der Waals surface area (Å²) in [6.45, 7) is 7.62. The van der Waals surface area contributed by atoms with Crippen molar-refractivity contribution in [2.75, 3.05) is 18.5 Å². The molecule has 3 aromatic rings. The van der Waals surface area contributed by atoms with Crippen molar-refractivity contribution < 1.29 is 4.74 Å². The minimum absolute atomic E-state index is 0.541. The van der Waals surface area contributed by atoms with Gasteiger partial charge in [-0.2, -0.15) is 0 Å². The van der Waals surface area contributed by atoms with Crippen LogP contribution in [-0.2, 0) is 17.8 Å². The Kier molecular flexibility index (Phi) is 6.14. The quantitative estimate of drug-likeness (QED) is 0.511. The summed E-state index contributed by atoms with van der Waals surface area (Å²) in [4.78, 5) is 4.22. The zero-order valence-electron chi connectivity index (χ0n) is 17.2. The lowest BCUT2D eigenvalue weighted by Crippen LogP contribution is -2.34. The van der Waals surface area contributed by atoms with Crippen LogP contribution >= 0.6 is 0 Å². The number of aryl methyl sites for hydroxylation is 2. The van der Waals surface area contributed by atoms with E-state index in [1.54, 1.807) is 6.20 Å². The summed E-state index contributed by atoms with van der Waals surface area (Å²) in [5.41, 5.74) is 5.52. The van der Waals surface area contributed by atoms with Crippen molar-refractivity contribution in [3.8, 4) is 12.0 Å². The summed E-state index contributed by atoms with van der Waals surface area (Å²) in [5.74, 6) is 3.30. The molecule has 0 bridgehead atoms. The van der Waals surface area contributed by atoms with E-state index >= 15 is 0 Å². The molecule has 0 aliphatic carbocycles. The van der Waals surface area contributed by atoms with Gasteiger partial charge in [-0.1, -0.05) is 12.1 Å². The highest BCUT2D eigenvalue weighted by molar-refractivity contribution is 5.86. The van der Waals surface area contributed by atoms with E-state index < -0.39 is 0 Å². The Morgan fingerprint density at radius 2 is 2.07 bits per heavy atom. The minimum Gasteiger partial charge on any atom is -0.381 e. The fourth-order valence-corrected chi connectivity index (χ4v) is 3.89. The Morgan fingerprint density at radius 3 is 2.86 bits per heavy atom. The molecule has 2 N–H and O–H groups in total. The smallest absolute Gasteiger partial charge is 0.0949 e. The van der Waals surface area contributed by atoms with E-state index in [0.717, 1.165) is 56.2 Å². The molecule has 3 heterocycles. The Balaban J connectivity index is 1.56. The van der Waals surface area contributed by atoms with Crippen LogP contribution in [0, 0.1) is 18.9 Å². The van der Waals surface area contributed by atoms with Crippen molar-refractivity contribution in [1.82, 2.24) is 14.9 Å². The molecule has 0 spiro atoms. The maximum Gasteiger partial charge on any atom is 0.0949 e. The lowest BCUT2D eigenvalue weighted by atomic mass is 10.1. The molecule has 1 aliphatic heterocycles. The Labute approximate surface area is 172 Å². The molecule has 1 fully saturated rings. The number of aromatic nitrogens is 2. The fraction of sp³-hybridized carbons (Fsp3) is 0.375. The van der Waals surface area contributed by atoms with Crippen molar-refractivity contribution in [3.05, 3.63) is 59.5 Å². The van der Waals surface area contributed by atoms with Crippen LogP contribution in [-0.4, -0.2) is 28.8 Å². The predicted molar refractivity (Wildman–Crippen MR) is 118 cm³/mol. The van der Waals surface area contributed by atoms with Gasteiger partial charge >= 0.3 is 0 Å². The van der Waals surface area contributed by atoms with E-state index in [-0.39, 0.29) is 0 Å². The van der Waals surface area contributed by atoms with Crippen molar-refractivity contribution in [2.45, 2.75) is 45.8 Å². The standard InChI is InChI=1S/C24H28N4O/c1-3-28-22(8-12-26-21-7-11-25-18(2)15-21)16-23-19(5-4-6-24(23)28)17-27-20-9-13-29-14-10-20/h4-7,11,15-16,20,27H,3,9-10,13-14,17H2,1-2H3,(H,25,26). The first-order chi connectivity index (χ1) is 14.2. The number of hydrogen-bond donors (Lipinski definition) is 2. The molecular weight excluding hydrogens is 360 g/mol. The number of pyridine rings is 1. The maximum atomic E-state index is 5.46. The van der Waals surface area contributed by atoms with Gasteiger partial charge in [0.2, 0.25) is 0 Å². The van der Waals surface area contributed by atoms with Crippen LogP contribution in [0.15, 0.2) is 42.6 Å². The minimum atomic E-state index is 0.541. The number of anilines is 1. The van der Waals surface area contributed by atoms with Crippen LogP contribution in [0.1, 0.15) is 36.7 Å². The molecule has 0 unspecified atom stereocenters. The first kappa shape index (κ1) is 19.5. The second kappa shape index (κ2) is 9.13. The summed E-state index contributed by atoms with van der Waals surface area (Å²) in [5, 5.41) is 8.15.